The van der Waals surface area contributed by atoms with Crippen LogP contribution in [0.4, 0.5) is 0 Å². The summed E-state index contributed by atoms with van der Waals surface area (Å²) in [6, 6.07) is 14.7. The SMILES string of the molecule is CC(=N)c1ccc(Cc2cc(C3OC(CO)C(O)C(O)C3O)ccc2C#N)cc1. The van der Waals surface area contributed by atoms with Crippen LogP contribution in [0, 0.1) is 16.7 Å². The number of nitrogens with one attached hydrogen (secondary N) is 1. The predicted molar refractivity (Wildman–Crippen MR) is 106 cm³/mol. The van der Waals surface area contributed by atoms with Crippen molar-refractivity contribution < 1.29 is 25.2 Å². The van der Waals surface area contributed by atoms with Crippen LogP contribution in [0.15, 0.2) is 42.5 Å². The summed E-state index contributed by atoms with van der Waals surface area (Å²) in [7, 11) is 0. The van der Waals surface area contributed by atoms with Crippen LogP contribution in [0.5, 0.6) is 0 Å². The molecule has 7 nitrogen and oxygen atoms in total. The molecule has 5 atom stereocenters. The van der Waals surface area contributed by atoms with Crippen molar-refractivity contribution in [2.45, 2.75) is 43.9 Å². The van der Waals surface area contributed by atoms with E-state index in [1.165, 1.54) is 0 Å². The highest BCUT2D eigenvalue weighted by Crippen LogP contribution is 2.33. The molecule has 0 spiro atoms. The number of rotatable bonds is 5. The Hall–Kier alpha value is -2.60. The number of hydrogen-bond acceptors (Lipinski definition) is 7. The monoisotopic (exact) mass is 396 g/mol. The second-order valence-electron chi connectivity index (χ2n) is 7.28. The van der Waals surface area contributed by atoms with Crippen molar-refractivity contribution in [1.82, 2.24) is 0 Å². The molecule has 1 heterocycles. The fraction of sp³-hybridized carbons (Fsp3) is 0.364. The second-order valence-corrected chi connectivity index (χ2v) is 7.28. The molecule has 5 unspecified atom stereocenters. The van der Waals surface area contributed by atoms with Gasteiger partial charge < -0.3 is 30.6 Å². The number of benzene rings is 2. The molecule has 29 heavy (non-hydrogen) atoms. The molecule has 2 aromatic rings. The third-order valence-electron chi connectivity index (χ3n) is 5.25. The van der Waals surface area contributed by atoms with Gasteiger partial charge in [0, 0.05) is 5.71 Å². The molecule has 2 aromatic carbocycles. The molecule has 1 saturated heterocycles. The lowest BCUT2D eigenvalue weighted by Crippen LogP contribution is -2.55. The quantitative estimate of drug-likeness (QED) is 0.479. The Kier molecular flexibility index (Phi) is 6.42. The zero-order chi connectivity index (χ0) is 21.1. The van der Waals surface area contributed by atoms with Crippen LogP contribution in [0.3, 0.4) is 0 Å². The van der Waals surface area contributed by atoms with Gasteiger partial charge in [-0.15, -0.1) is 0 Å². The molecule has 1 fully saturated rings. The van der Waals surface area contributed by atoms with Gasteiger partial charge >= 0.3 is 0 Å². The summed E-state index contributed by atoms with van der Waals surface area (Å²) in [4.78, 5) is 0. The van der Waals surface area contributed by atoms with Crippen LogP contribution in [-0.4, -0.2) is 57.2 Å². The highest BCUT2D eigenvalue weighted by molar-refractivity contribution is 5.96. The smallest absolute Gasteiger partial charge is 0.113 e. The molecule has 0 aliphatic carbocycles. The molecular weight excluding hydrogens is 372 g/mol. The van der Waals surface area contributed by atoms with Gasteiger partial charge in [-0.3, -0.25) is 0 Å². The lowest BCUT2D eigenvalue weighted by Gasteiger charge is -2.40. The van der Waals surface area contributed by atoms with Crippen LogP contribution in [0.1, 0.15) is 40.8 Å². The van der Waals surface area contributed by atoms with Crippen molar-refractivity contribution in [3.05, 3.63) is 70.3 Å². The maximum Gasteiger partial charge on any atom is 0.113 e. The zero-order valence-electron chi connectivity index (χ0n) is 16.0. The van der Waals surface area contributed by atoms with Gasteiger partial charge in [-0.25, -0.2) is 0 Å². The van der Waals surface area contributed by atoms with Gasteiger partial charge in [0.2, 0.25) is 0 Å². The van der Waals surface area contributed by atoms with Crippen molar-refractivity contribution in [3.63, 3.8) is 0 Å². The molecule has 5 N–H and O–H groups in total. The Morgan fingerprint density at radius 3 is 2.34 bits per heavy atom. The van der Waals surface area contributed by atoms with Crippen LogP contribution in [0.25, 0.3) is 0 Å². The molecular formula is C22H24N2O5. The molecule has 1 aliphatic heterocycles. The van der Waals surface area contributed by atoms with E-state index in [0.717, 1.165) is 16.7 Å². The highest BCUT2D eigenvalue weighted by atomic mass is 16.5. The molecule has 152 valence electrons. The Morgan fingerprint density at radius 2 is 1.76 bits per heavy atom. The Morgan fingerprint density at radius 1 is 1.07 bits per heavy atom. The van der Waals surface area contributed by atoms with Gasteiger partial charge in [-0.1, -0.05) is 36.4 Å². The van der Waals surface area contributed by atoms with Crippen LogP contribution in [0.2, 0.25) is 0 Å². The second kappa shape index (κ2) is 8.82. The van der Waals surface area contributed by atoms with Crippen molar-refractivity contribution in [1.29, 1.82) is 10.7 Å². The first-order valence-corrected chi connectivity index (χ1v) is 9.33. The molecule has 3 rings (SSSR count). The van der Waals surface area contributed by atoms with E-state index in [4.69, 9.17) is 10.1 Å². The Balaban J connectivity index is 1.90. The summed E-state index contributed by atoms with van der Waals surface area (Å²) in [6.45, 7) is 1.22. The fourth-order valence-corrected chi connectivity index (χ4v) is 3.52. The minimum atomic E-state index is -1.46. The lowest BCUT2D eigenvalue weighted by atomic mass is 9.89. The first-order valence-electron chi connectivity index (χ1n) is 9.33. The number of nitriles is 1. The minimum Gasteiger partial charge on any atom is -0.394 e. The standard InChI is InChI=1S/C22H24N2O5/c1-12(24)14-4-2-13(3-5-14)8-17-9-15(6-7-16(17)10-23)22-21(28)20(27)19(26)18(11-25)29-22/h2-7,9,18-22,24-28H,8,11H2,1H3. The number of aliphatic hydroxyl groups is 4. The van der Waals surface area contributed by atoms with Gasteiger partial charge in [-0.2, -0.15) is 5.26 Å². The van der Waals surface area contributed by atoms with Gasteiger partial charge in [0.25, 0.3) is 0 Å². The molecule has 0 amide bonds. The molecule has 0 saturated carbocycles. The summed E-state index contributed by atoms with van der Waals surface area (Å²) in [5.74, 6) is 0. The van der Waals surface area contributed by atoms with Crippen LogP contribution < -0.4 is 0 Å². The van der Waals surface area contributed by atoms with E-state index in [1.54, 1.807) is 25.1 Å². The summed E-state index contributed by atoms with van der Waals surface area (Å²) >= 11 is 0. The van der Waals surface area contributed by atoms with Crippen molar-refractivity contribution >= 4 is 5.71 Å². The predicted octanol–water partition coefficient (Wildman–Crippen LogP) is 1.05. The van der Waals surface area contributed by atoms with Crippen LogP contribution >= 0.6 is 0 Å². The van der Waals surface area contributed by atoms with Crippen LogP contribution in [-0.2, 0) is 11.2 Å². The number of nitrogens with zero attached hydrogens (tertiary/aromatic N) is 1. The number of ether oxygens (including phenoxy) is 1. The molecule has 0 radical (unpaired) electrons. The summed E-state index contributed by atoms with van der Waals surface area (Å²) in [5.41, 5.74) is 4.00. The third kappa shape index (κ3) is 4.37. The molecule has 0 aromatic heterocycles. The summed E-state index contributed by atoms with van der Waals surface area (Å²) < 4.78 is 5.62. The average molecular weight is 396 g/mol. The minimum absolute atomic E-state index is 0.464. The van der Waals surface area contributed by atoms with E-state index < -0.39 is 37.1 Å². The maximum atomic E-state index is 10.4. The van der Waals surface area contributed by atoms with Crippen molar-refractivity contribution in [2.75, 3.05) is 6.61 Å². The Bertz CT molecular complexity index is 920. The third-order valence-corrected chi connectivity index (χ3v) is 5.25. The molecule has 1 aliphatic rings. The largest absolute Gasteiger partial charge is 0.394 e. The first-order chi connectivity index (χ1) is 13.8. The van der Waals surface area contributed by atoms with Gasteiger partial charge in [0.15, 0.2) is 0 Å². The highest BCUT2D eigenvalue weighted by Gasteiger charge is 2.44. The van der Waals surface area contributed by atoms with Gasteiger partial charge in [0.1, 0.15) is 30.5 Å². The van der Waals surface area contributed by atoms with E-state index in [0.29, 0.717) is 23.3 Å². The van der Waals surface area contributed by atoms with Gasteiger partial charge in [0.05, 0.1) is 18.2 Å². The lowest BCUT2D eigenvalue weighted by molar-refractivity contribution is -0.231. The summed E-state index contributed by atoms with van der Waals surface area (Å²) in [5, 5.41) is 56.9. The van der Waals surface area contributed by atoms with Crippen molar-refractivity contribution in [2.24, 2.45) is 0 Å². The maximum absolute atomic E-state index is 10.4. The van der Waals surface area contributed by atoms with E-state index in [2.05, 4.69) is 6.07 Å². The normalized spacial score (nSPS) is 26.7. The fourth-order valence-electron chi connectivity index (χ4n) is 3.52. The van der Waals surface area contributed by atoms with E-state index >= 15 is 0 Å². The van der Waals surface area contributed by atoms with E-state index in [9.17, 15) is 25.7 Å². The number of hydrogen-bond donors (Lipinski definition) is 5. The number of aliphatic hydroxyl groups excluding tert-OH is 4. The molecule has 0 bridgehead atoms. The van der Waals surface area contributed by atoms with E-state index in [1.807, 2.05) is 24.3 Å². The van der Waals surface area contributed by atoms with Gasteiger partial charge in [-0.05, 0) is 41.7 Å². The zero-order valence-corrected chi connectivity index (χ0v) is 16.0. The summed E-state index contributed by atoms with van der Waals surface area (Å²) in [6.07, 6.45) is -5.72. The van der Waals surface area contributed by atoms with E-state index in [-0.39, 0.29) is 0 Å². The average Bonchev–Trinajstić information content (AvgIpc) is 2.72. The molecule has 7 heteroatoms. The first kappa shape index (κ1) is 21.1. The Labute approximate surface area is 169 Å². The topological polar surface area (TPSA) is 138 Å². The van der Waals surface area contributed by atoms with Crippen molar-refractivity contribution in [3.8, 4) is 6.07 Å².